The molecule has 0 unspecified atom stereocenters. The molecule has 1 aliphatic rings. The minimum atomic E-state index is -0.936. The third-order valence-corrected chi connectivity index (χ3v) is 6.09. The number of fused-ring (bicyclic) bond motifs is 5. The van der Waals surface area contributed by atoms with E-state index >= 15 is 4.39 Å². The largest absolute Gasteiger partial charge is 0.478 e. The predicted octanol–water partition coefficient (Wildman–Crippen LogP) is 6.59. The minimum absolute atomic E-state index is 0.244. The first-order valence-electron chi connectivity index (χ1n) is 10.4. The van der Waals surface area contributed by atoms with Crippen molar-refractivity contribution in [2.75, 3.05) is 0 Å². The quantitative estimate of drug-likeness (QED) is 0.350. The number of benzene rings is 3. The fraction of sp³-hybridized carbons (Fsp3) is 0.192. The number of rotatable bonds is 5. The van der Waals surface area contributed by atoms with Gasteiger partial charge in [0, 0.05) is 22.9 Å². The lowest BCUT2D eigenvalue weighted by atomic mass is 9.99. The molecule has 5 rings (SSSR count). The van der Waals surface area contributed by atoms with Crippen molar-refractivity contribution in [2.24, 2.45) is 0 Å². The van der Waals surface area contributed by atoms with Gasteiger partial charge in [-0.25, -0.2) is 9.18 Å². The molecule has 1 heterocycles. The van der Waals surface area contributed by atoms with Gasteiger partial charge < -0.3 is 10.1 Å². The molecule has 0 atom stereocenters. The van der Waals surface area contributed by atoms with E-state index in [9.17, 15) is 9.90 Å². The van der Waals surface area contributed by atoms with Crippen LogP contribution in [-0.4, -0.2) is 16.1 Å². The van der Waals surface area contributed by atoms with Crippen LogP contribution in [0.1, 0.15) is 46.8 Å². The topological polar surface area (TPSA) is 53.1 Å². The zero-order valence-electron chi connectivity index (χ0n) is 16.8. The number of aromatic carboxylic acids is 1. The van der Waals surface area contributed by atoms with E-state index < -0.39 is 5.97 Å². The molecule has 0 aliphatic heterocycles. The Morgan fingerprint density at radius 2 is 1.83 bits per heavy atom. The molecule has 0 radical (unpaired) electrons. The first-order valence-corrected chi connectivity index (χ1v) is 10.4. The third-order valence-electron chi connectivity index (χ3n) is 6.09. The number of H-pyrrole nitrogens is 1. The fourth-order valence-corrected chi connectivity index (χ4v) is 4.46. The van der Waals surface area contributed by atoms with Crippen LogP contribution in [0.15, 0.2) is 54.6 Å². The van der Waals surface area contributed by atoms with Crippen molar-refractivity contribution in [3.8, 4) is 22.4 Å². The summed E-state index contributed by atoms with van der Waals surface area (Å²) in [6.07, 6.45) is 3.97. The van der Waals surface area contributed by atoms with Gasteiger partial charge in [0.05, 0.1) is 16.8 Å². The van der Waals surface area contributed by atoms with Crippen LogP contribution >= 0.6 is 0 Å². The monoisotopic (exact) mass is 399 g/mol. The number of carbonyl (C=O) groups is 1. The molecule has 150 valence electrons. The maximum Gasteiger partial charge on any atom is 0.335 e. The number of hydrogen-bond donors (Lipinski definition) is 2. The summed E-state index contributed by atoms with van der Waals surface area (Å²) in [6, 6.07) is 17.1. The molecule has 30 heavy (non-hydrogen) atoms. The van der Waals surface area contributed by atoms with Crippen LogP contribution in [0.5, 0.6) is 0 Å². The molecule has 0 saturated heterocycles. The third kappa shape index (κ3) is 2.91. The fourth-order valence-electron chi connectivity index (χ4n) is 4.46. The lowest BCUT2D eigenvalue weighted by molar-refractivity contribution is 0.0697. The standard InChI is InChI=1S/C26H22FNO2/c1-2-3-4-15-5-7-16(8-6-15)19-11-12-21-22-14-18-13-17(26(29)30)9-10-20(18)24(22)28-25(21)23(19)27/h5-13,28H,2-4,14H2,1H3,(H,29,30). The van der Waals surface area contributed by atoms with Crippen molar-refractivity contribution in [2.45, 2.75) is 32.6 Å². The van der Waals surface area contributed by atoms with E-state index in [0.717, 1.165) is 52.6 Å². The molecular formula is C26H22FNO2. The van der Waals surface area contributed by atoms with Crippen LogP contribution < -0.4 is 0 Å². The number of nitrogens with one attached hydrogen (secondary N) is 1. The SMILES string of the molecule is CCCCc1ccc(-c2ccc3c4c([nH]c3c2F)-c2ccc(C(=O)O)cc2C4)cc1. The second-order valence-corrected chi connectivity index (χ2v) is 7.98. The molecule has 1 aromatic heterocycles. The van der Waals surface area contributed by atoms with E-state index in [0.29, 0.717) is 17.5 Å². The van der Waals surface area contributed by atoms with Crippen molar-refractivity contribution in [1.82, 2.24) is 4.98 Å². The number of aryl methyl sites for hydroxylation is 1. The van der Waals surface area contributed by atoms with Crippen molar-refractivity contribution < 1.29 is 14.3 Å². The molecule has 4 aromatic rings. The van der Waals surface area contributed by atoms with Gasteiger partial charge in [-0.05, 0) is 47.2 Å². The highest BCUT2D eigenvalue weighted by molar-refractivity contribution is 5.98. The molecule has 0 fully saturated rings. The second-order valence-electron chi connectivity index (χ2n) is 7.98. The van der Waals surface area contributed by atoms with Gasteiger partial charge in [-0.1, -0.05) is 55.8 Å². The second kappa shape index (κ2) is 7.13. The summed E-state index contributed by atoms with van der Waals surface area (Å²) in [6.45, 7) is 2.18. The Morgan fingerprint density at radius 3 is 2.57 bits per heavy atom. The van der Waals surface area contributed by atoms with Gasteiger partial charge in [0.15, 0.2) is 5.82 Å². The van der Waals surface area contributed by atoms with Gasteiger partial charge in [0.25, 0.3) is 0 Å². The molecule has 2 N–H and O–H groups in total. The van der Waals surface area contributed by atoms with Crippen LogP contribution in [0.25, 0.3) is 33.3 Å². The first-order chi connectivity index (χ1) is 14.6. The zero-order valence-corrected chi connectivity index (χ0v) is 16.8. The Labute approximate surface area is 174 Å². The van der Waals surface area contributed by atoms with Gasteiger partial charge >= 0.3 is 5.97 Å². The Hall–Kier alpha value is -3.40. The summed E-state index contributed by atoms with van der Waals surface area (Å²) in [5.74, 6) is -1.18. The molecule has 4 heteroatoms. The number of hydrogen-bond acceptors (Lipinski definition) is 1. The van der Waals surface area contributed by atoms with Gasteiger partial charge in [-0.2, -0.15) is 0 Å². The first kappa shape index (κ1) is 18.6. The molecule has 1 aliphatic carbocycles. The minimum Gasteiger partial charge on any atom is -0.478 e. The molecule has 0 saturated carbocycles. The number of halogens is 1. The maximum absolute atomic E-state index is 15.4. The van der Waals surface area contributed by atoms with E-state index in [1.807, 2.05) is 30.3 Å². The normalized spacial score (nSPS) is 12.2. The van der Waals surface area contributed by atoms with E-state index in [4.69, 9.17) is 0 Å². The van der Waals surface area contributed by atoms with Crippen molar-refractivity contribution >= 4 is 16.9 Å². The smallest absolute Gasteiger partial charge is 0.335 e. The molecule has 0 spiro atoms. The average Bonchev–Trinajstić information content (AvgIpc) is 3.29. The lowest BCUT2D eigenvalue weighted by Crippen LogP contribution is -1.97. The summed E-state index contributed by atoms with van der Waals surface area (Å²) < 4.78 is 15.4. The maximum atomic E-state index is 15.4. The van der Waals surface area contributed by atoms with Crippen LogP contribution in [0.4, 0.5) is 4.39 Å². The Balaban J connectivity index is 1.55. The Kier molecular flexibility index (Phi) is 4.43. The van der Waals surface area contributed by atoms with Crippen molar-refractivity contribution in [3.63, 3.8) is 0 Å². The van der Waals surface area contributed by atoms with Gasteiger partial charge in [-0.15, -0.1) is 0 Å². The average molecular weight is 399 g/mol. The van der Waals surface area contributed by atoms with E-state index in [1.165, 1.54) is 5.56 Å². The van der Waals surface area contributed by atoms with Crippen LogP contribution in [0.2, 0.25) is 0 Å². The lowest BCUT2D eigenvalue weighted by Gasteiger charge is -2.07. The van der Waals surface area contributed by atoms with Crippen LogP contribution in [0, 0.1) is 5.82 Å². The van der Waals surface area contributed by atoms with Crippen molar-refractivity contribution in [1.29, 1.82) is 0 Å². The molecule has 3 aromatic carbocycles. The number of aromatic amines is 1. The summed E-state index contributed by atoms with van der Waals surface area (Å²) in [5, 5.41) is 10.1. The van der Waals surface area contributed by atoms with Gasteiger partial charge in [-0.3, -0.25) is 0 Å². The summed E-state index contributed by atoms with van der Waals surface area (Å²) in [5.41, 5.74) is 7.36. The number of aromatic nitrogens is 1. The Bertz CT molecular complexity index is 1280. The molecule has 0 bridgehead atoms. The zero-order chi connectivity index (χ0) is 20.8. The molecular weight excluding hydrogens is 377 g/mol. The predicted molar refractivity (Wildman–Crippen MR) is 118 cm³/mol. The highest BCUT2D eigenvalue weighted by atomic mass is 19.1. The molecule has 0 amide bonds. The number of carboxylic acids is 1. The number of unbranched alkanes of at least 4 members (excludes halogenated alkanes) is 1. The highest BCUT2D eigenvalue weighted by Crippen LogP contribution is 2.42. The van der Waals surface area contributed by atoms with Crippen LogP contribution in [-0.2, 0) is 12.8 Å². The van der Waals surface area contributed by atoms with E-state index in [-0.39, 0.29) is 11.4 Å². The molecule has 3 nitrogen and oxygen atoms in total. The Morgan fingerprint density at radius 1 is 1.07 bits per heavy atom. The van der Waals surface area contributed by atoms with E-state index in [1.54, 1.807) is 12.1 Å². The summed E-state index contributed by atoms with van der Waals surface area (Å²) in [7, 11) is 0. The van der Waals surface area contributed by atoms with Gasteiger partial charge in [0.2, 0.25) is 0 Å². The van der Waals surface area contributed by atoms with Gasteiger partial charge in [0.1, 0.15) is 0 Å². The number of carboxylic acid groups (broad SMARTS) is 1. The summed E-state index contributed by atoms with van der Waals surface area (Å²) in [4.78, 5) is 14.5. The van der Waals surface area contributed by atoms with Crippen molar-refractivity contribution in [3.05, 3.63) is 82.7 Å². The highest BCUT2D eigenvalue weighted by Gasteiger charge is 2.26. The van der Waals surface area contributed by atoms with Crippen LogP contribution in [0.3, 0.4) is 0 Å². The summed E-state index contributed by atoms with van der Waals surface area (Å²) >= 11 is 0. The van der Waals surface area contributed by atoms with E-state index in [2.05, 4.69) is 24.0 Å².